The van der Waals surface area contributed by atoms with Gasteiger partial charge in [-0.25, -0.2) is 4.39 Å². The van der Waals surface area contributed by atoms with Gasteiger partial charge in [-0.3, -0.25) is 9.59 Å². The average molecular weight is 336 g/mol. The minimum Gasteiger partial charge on any atom is -0.386 e. The van der Waals surface area contributed by atoms with Crippen molar-refractivity contribution in [1.29, 1.82) is 0 Å². The molecule has 5 nitrogen and oxygen atoms in total. The van der Waals surface area contributed by atoms with Gasteiger partial charge in [-0.15, -0.1) is 0 Å². The number of rotatable bonds is 7. The predicted octanol–water partition coefficient (Wildman–Crippen LogP) is 2.01. The highest BCUT2D eigenvalue weighted by atomic mass is 19.1. The van der Waals surface area contributed by atoms with E-state index in [-0.39, 0.29) is 36.4 Å². The first-order chi connectivity index (χ1) is 11.4. The molecule has 2 N–H and O–H groups in total. The van der Waals surface area contributed by atoms with Gasteiger partial charge < -0.3 is 15.3 Å². The highest BCUT2D eigenvalue weighted by Gasteiger charge is 2.36. The van der Waals surface area contributed by atoms with Crippen molar-refractivity contribution in [2.45, 2.75) is 45.3 Å². The van der Waals surface area contributed by atoms with Crippen LogP contribution >= 0.6 is 0 Å². The normalized spacial score (nSPS) is 20.1. The molecule has 1 fully saturated rings. The molecular formula is C18H25FN2O3. The third-order valence-electron chi connectivity index (χ3n) is 4.50. The fourth-order valence-corrected chi connectivity index (χ4v) is 3.10. The quantitative estimate of drug-likeness (QED) is 0.800. The van der Waals surface area contributed by atoms with Gasteiger partial charge in [0, 0.05) is 31.1 Å². The van der Waals surface area contributed by atoms with Crippen LogP contribution in [0.4, 0.5) is 4.39 Å². The Labute approximate surface area is 141 Å². The number of carbonyl (C=O) groups excluding carboxylic acids is 2. The summed E-state index contributed by atoms with van der Waals surface area (Å²) in [6, 6.07) is 6.05. The van der Waals surface area contributed by atoms with Gasteiger partial charge in [-0.2, -0.15) is 0 Å². The van der Waals surface area contributed by atoms with Gasteiger partial charge in [0.05, 0.1) is 12.0 Å². The van der Waals surface area contributed by atoms with Gasteiger partial charge >= 0.3 is 0 Å². The van der Waals surface area contributed by atoms with Crippen LogP contribution in [0.5, 0.6) is 0 Å². The van der Waals surface area contributed by atoms with Gasteiger partial charge in [0.25, 0.3) is 0 Å². The number of nitrogens with zero attached hydrogens (tertiary/aromatic N) is 1. The lowest BCUT2D eigenvalue weighted by Crippen LogP contribution is -2.37. The van der Waals surface area contributed by atoms with Crippen LogP contribution in [-0.4, -0.2) is 41.0 Å². The molecule has 24 heavy (non-hydrogen) atoms. The SMILES string of the molecule is CCCC(C)N1CC(C(=O)NCC(O)c2ccccc2F)CC1=O. The first kappa shape index (κ1) is 18.4. The second-order valence-electron chi connectivity index (χ2n) is 6.37. The molecule has 0 aromatic heterocycles. The summed E-state index contributed by atoms with van der Waals surface area (Å²) >= 11 is 0. The standard InChI is InChI=1S/C18H25FN2O3/c1-3-6-12(2)21-11-13(9-17(21)23)18(24)20-10-16(22)14-7-4-5-8-15(14)19/h4-5,7-8,12-13,16,22H,3,6,9-11H2,1-2H3,(H,20,24). The Morgan fingerprint density at radius 2 is 2.17 bits per heavy atom. The Hall–Kier alpha value is -1.95. The van der Waals surface area contributed by atoms with Crippen LogP contribution in [0.3, 0.4) is 0 Å². The zero-order chi connectivity index (χ0) is 17.7. The van der Waals surface area contributed by atoms with E-state index in [1.807, 2.05) is 6.92 Å². The molecule has 1 aliphatic rings. The van der Waals surface area contributed by atoms with Gasteiger partial charge in [-0.05, 0) is 19.4 Å². The van der Waals surface area contributed by atoms with E-state index in [9.17, 15) is 19.1 Å². The summed E-state index contributed by atoms with van der Waals surface area (Å²) in [7, 11) is 0. The lowest BCUT2D eigenvalue weighted by atomic mass is 10.1. The third-order valence-corrected chi connectivity index (χ3v) is 4.50. The number of benzene rings is 1. The molecule has 3 unspecified atom stereocenters. The highest BCUT2D eigenvalue weighted by molar-refractivity contribution is 5.89. The minimum atomic E-state index is -1.11. The second-order valence-corrected chi connectivity index (χ2v) is 6.37. The minimum absolute atomic E-state index is 0.00856. The molecule has 1 aliphatic heterocycles. The van der Waals surface area contributed by atoms with Crippen LogP contribution in [0, 0.1) is 11.7 Å². The number of halogens is 1. The number of aliphatic hydroxyl groups is 1. The van der Waals surface area contributed by atoms with Crippen LogP contribution in [-0.2, 0) is 9.59 Å². The van der Waals surface area contributed by atoms with Crippen LogP contribution in [0.1, 0.15) is 44.8 Å². The van der Waals surface area contributed by atoms with Crippen molar-refractivity contribution in [2.24, 2.45) is 5.92 Å². The van der Waals surface area contributed by atoms with E-state index in [0.29, 0.717) is 6.54 Å². The second kappa shape index (κ2) is 8.24. The monoisotopic (exact) mass is 336 g/mol. The van der Waals surface area contributed by atoms with Gasteiger partial charge in [-0.1, -0.05) is 31.5 Å². The number of carbonyl (C=O) groups is 2. The van der Waals surface area contributed by atoms with Crippen molar-refractivity contribution >= 4 is 11.8 Å². The van der Waals surface area contributed by atoms with Crippen LogP contribution in [0.15, 0.2) is 24.3 Å². The lowest BCUT2D eigenvalue weighted by molar-refractivity contribution is -0.130. The van der Waals surface area contributed by atoms with Crippen molar-refractivity contribution in [1.82, 2.24) is 10.2 Å². The maximum atomic E-state index is 13.6. The zero-order valence-corrected chi connectivity index (χ0v) is 14.2. The van der Waals surface area contributed by atoms with E-state index in [2.05, 4.69) is 12.2 Å². The molecule has 132 valence electrons. The van der Waals surface area contributed by atoms with Gasteiger partial charge in [0.2, 0.25) is 11.8 Å². The predicted molar refractivity (Wildman–Crippen MR) is 88.6 cm³/mol. The molecule has 0 aliphatic carbocycles. The Kier molecular flexibility index (Phi) is 6.31. The van der Waals surface area contributed by atoms with Crippen molar-refractivity contribution in [2.75, 3.05) is 13.1 Å². The molecule has 3 atom stereocenters. The van der Waals surface area contributed by atoms with E-state index in [1.54, 1.807) is 17.0 Å². The lowest BCUT2D eigenvalue weighted by Gasteiger charge is -2.24. The first-order valence-electron chi connectivity index (χ1n) is 8.43. The van der Waals surface area contributed by atoms with Crippen molar-refractivity contribution in [3.63, 3.8) is 0 Å². The largest absolute Gasteiger partial charge is 0.386 e. The fraction of sp³-hybridized carbons (Fsp3) is 0.556. The van der Waals surface area contributed by atoms with E-state index in [0.717, 1.165) is 12.8 Å². The molecule has 1 aromatic rings. The molecule has 6 heteroatoms. The Morgan fingerprint density at radius 3 is 2.83 bits per heavy atom. The van der Waals surface area contributed by atoms with E-state index >= 15 is 0 Å². The van der Waals surface area contributed by atoms with Crippen molar-refractivity contribution < 1.29 is 19.1 Å². The summed E-state index contributed by atoms with van der Waals surface area (Å²) in [5.74, 6) is -1.20. The summed E-state index contributed by atoms with van der Waals surface area (Å²) in [6.45, 7) is 4.38. The molecule has 0 radical (unpaired) electrons. The number of hydrogen-bond acceptors (Lipinski definition) is 3. The number of hydrogen-bond donors (Lipinski definition) is 2. The summed E-state index contributed by atoms with van der Waals surface area (Å²) in [6.07, 6.45) is 0.973. The summed E-state index contributed by atoms with van der Waals surface area (Å²) in [5, 5.41) is 12.7. The number of nitrogens with one attached hydrogen (secondary N) is 1. The highest BCUT2D eigenvalue weighted by Crippen LogP contribution is 2.22. The Balaban J connectivity index is 1.87. The summed E-state index contributed by atoms with van der Waals surface area (Å²) in [5.41, 5.74) is 0.151. The van der Waals surface area contributed by atoms with Crippen LogP contribution in [0.25, 0.3) is 0 Å². The number of amides is 2. The molecule has 1 aromatic carbocycles. The van der Waals surface area contributed by atoms with E-state index in [4.69, 9.17) is 0 Å². The van der Waals surface area contributed by atoms with Gasteiger partial charge in [0.15, 0.2) is 0 Å². The first-order valence-corrected chi connectivity index (χ1v) is 8.43. The summed E-state index contributed by atoms with van der Waals surface area (Å²) in [4.78, 5) is 26.1. The Bertz CT molecular complexity index is 593. The number of likely N-dealkylation sites (tertiary alicyclic amines) is 1. The van der Waals surface area contributed by atoms with E-state index in [1.165, 1.54) is 12.1 Å². The maximum Gasteiger partial charge on any atom is 0.225 e. The smallest absolute Gasteiger partial charge is 0.225 e. The Morgan fingerprint density at radius 1 is 1.46 bits per heavy atom. The van der Waals surface area contributed by atoms with Crippen LogP contribution in [0.2, 0.25) is 0 Å². The molecule has 2 rings (SSSR count). The maximum absolute atomic E-state index is 13.6. The molecule has 1 saturated heterocycles. The molecule has 0 bridgehead atoms. The molecule has 1 heterocycles. The topological polar surface area (TPSA) is 69.6 Å². The molecule has 0 spiro atoms. The fourth-order valence-electron chi connectivity index (χ4n) is 3.10. The van der Waals surface area contributed by atoms with Gasteiger partial charge in [0.1, 0.15) is 5.82 Å². The average Bonchev–Trinajstić information content (AvgIpc) is 2.95. The van der Waals surface area contributed by atoms with E-state index < -0.39 is 17.8 Å². The molecule has 0 saturated carbocycles. The number of aliphatic hydroxyl groups excluding tert-OH is 1. The molecule has 2 amide bonds. The van der Waals surface area contributed by atoms with Crippen molar-refractivity contribution in [3.05, 3.63) is 35.6 Å². The van der Waals surface area contributed by atoms with Crippen LogP contribution < -0.4 is 5.32 Å². The van der Waals surface area contributed by atoms with Crippen molar-refractivity contribution in [3.8, 4) is 0 Å². The molecular weight excluding hydrogens is 311 g/mol. The third kappa shape index (κ3) is 4.32. The summed E-state index contributed by atoms with van der Waals surface area (Å²) < 4.78 is 13.6. The zero-order valence-electron chi connectivity index (χ0n) is 14.2.